The number of rotatable bonds is 7. The van der Waals surface area contributed by atoms with E-state index in [-0.39, 0.29) is 17.7 Å². The van der Waals surface area contributed by atoms with Gasteiger partial charge < -0.3 is 15.0 Å². The van der Waals surface area contributed by atoms with Crippen molar-refractivity contribution >= 4 is 17.5 Å². The highest BCUT2D eigenvalue weighted by atomic mass is 16.5. The van der Waals surface area contributed by atoms with Gasteiger partial charge in [-0.05, 0) is 31.5 Å². The summed E-state index contributed by atoms with van der Waals surface area (Å²) in [4.78, 5) is 28.6. The summed E-state index contributed by atoms with van der Waals surface area (Å²) in [5.74, 6) is -0.219. The maximum absolute atomic E-state index is 12.3. The Balaban J connectivity index is 1.35. The molecule has 0 aromatic heterocycles. The molecule has 0 spiro atoms. The highest BCUT2D eigenvalue weighted by Crippen LogP contribution is 2.24. The van der Waals surface area contributed by atoms with Crippen molar-refractivity contribution in [3.8, 4) is 0 Å². The summed E-state index contributed by atoms with van der Waals surface area (Å²) in [6.07, 6.45) is 2.33. The molecule has 2 aliphatic heterocycles. The average Bonchev–Trinajstić information content (AvgIpc) is 3.05. The number of nitrogens with zero attached hydrogens (tertiary/aromatic N) is 2. The van der Waals surface area contributed by atoms with Crippen molar-refractivity contribution in [2.45, 2.75) is 19.3 Å². The van der Waals surface area contributed by atoms with Gasteiger partial charge >= 0.3 is 0 Å². The van der Waals surface area contributed by atoms with Gasteiger partial charge in [0, 0.05) is 38.3 Å². The molecule has 0 radical (unpaired) electrons. The van der Waals surface area contributed by atoms with Crippen LogP contribution < -0.4 is 10.2 Å². The van der Waals surface area contributed by atoms with Crippen molar-refractivity contribution in [2.75, 3.05) is 50.8 Å². The first-order valence-electron chi connectivity index (χ1n) is 9.17. The zero-order chi connectivity index (χ0) is 17.5. The summed E-state index contributed by atoms with van der Waals surface area (Å²) in [5, 5.41) is 2.99. The Morgan fingerprint density at radius 3 is 2.68 bits per heavy atom. The van der Waals surface area contributed by atoms with Crippen LogP contribution in [0, 0.1) is 5.92 Å². The first-order valence-corrected chi connectivity index (χ1v) is 9.17. The molecule has 136 valence electrons. The Labute approximate surface area is 149 Å². The fraction of sp³-hybridized carbons (Fsp3) is 0.579. The molecule has 1 atom stereocenters. The standard InChI is InChI=1S/C19H27N3O3/c23-18-14-16(15-22(18)17-6-2-1-3-7-17)19(24)20-8-4-5-9-21-10-12-25-13-11-21/h1-3,6-7,16H,4-5,8-15H2,(H,20,24)/t16-/m0/s1. The van der Waals surface area contributed by atoms with Gasteiger partial charge in [-0.3, -0.25) is 14.5 Å². The number of ether oxygens (including phenoxy) is 1. The summed E-state index contributed by atoms with van der Waals surface area (Å²) < 4.78 is 5.33. The van der Waals surface area contributed by atoms with Crippen LogP contribution in [0.4, 0.5) is 5.69 Å². The van der Waals surface area contributed by atoms with Crippen LogP contribution in [0.5, 0.6) is 0 Å². The summed E-state index contributed by atoms with van der Waals surface area (Å²) in [6, 6.07) is 9.55. The molecule has 0 saturated carbocycles. The van der Waals surface area contributed by atoms with Crippen LogP contribution in [0.25, 0.3) is 0 Å². The summed E-state index contributed by atoms with van der Waals surface area (Å²) in [6.45, 7) is 5.87. The summed E-state index contributed by atoms with van der Waals surface area (Å²) >= 11 is 0. The summed E-state index contributed by atoms with van der Waals surface area (Å²) in [5.41, 5.74) is 0.869. The van der Waals surface area contributed by atoms with Crippen LogP contribution in [0.1, 0.15) is 19.3 Å². The molecule has 1 N–H and O–H groups in total. The molecule has 0 bridgehead atoms. The van der Waals surface area contributed by atoms with Crippen molar-refractivity contribution in [3.05, 3.63) is 30.3 Å². The van der Waals surface area contributed by atoms with E-state index in [1.165, 1.54) is 0 Å². The average molecular weight is 345 g/mol. The van der Waals surface area contributed by atoms with E-state index in [1.54, 1.807) is 4.90 Å². The molecule has 0 unspecified atom stereocenters. The minimum Gasteiger partial charge on any atom is -0.379 e. The Bertz CT molecular complexity index is 573. The van der Waals surface area contributed by atoms with Gasteiger partial charge in [-0.1, -0.05) is 18.2 Å². The van der Waals surface area contributed by atoms with E-state index < -0.39 is 0 Å². The van der Waals surface area contributed by atoms with Gasteiger partial charge in [-0.2, -0.15) is 0 Å². The lowest BCUT2D eigenvalue weighted by Crippen LogP contribution is -2.37. The predicted octanol–water partition coefficient (Wildman–Crippen LogP) is 1.27. The van der Waals surface area contributed by atoms with Gasteiger partial charge in [0.1, 0.15) is 0 Å². The second-order valence-corrected chi connectivity index (χ2v) is 6.69. The second-order valence-electron chi connectivity index (χ2n) is 6.69. The van der Waals surface area contributed by atoms with E-state index >= 15 is 0 Å². The zero-order valence-corrected chi connectivity index (χ0v) is 14.7. The van der Waals surface area contributed by atoms with Crippen LogP contribution in [0.2, 0.25) is 0 Å². The first-order chi connectivity index (χ1) is 12.2. The van der Waals surface area contributed by atoms with E-state index in [0.29, 0.717) is 19.5 Å². The minimum absolute atomic E-state index is 0.00171. The molecule has 6 nitrogen and oxygen atoms in total. The van der Waals surface area contributed by atoms with E-state index in [0.717, 1.165) is 51.4 Å². The minimum atomic E-state index is -0.244. The highest BCUT2D eigenvalue weighted by Gasteiger charge is 2.34. The van der Waals surface area contributed by atoms with Crippen LogP contribution in [-0.4, -0.2) is 62.7 Å². The van der Waals surface area contributed by atoms with Crippen LogP contribution in [0.15, 0.2) is 30.3 Å². The molecule has 6 heteroatoms. The van der Waals surface area contributed by atoms with E-state index in [1.807, 2.05) is 30.3 Å². The largest absolute Gasteiger partial charge is 0.379 e. The Kier molecular flexibility index (Phi) is 6.42. The number of nitrogens with one attached hydrogen (secondary N) is 1. The number of hydrogen-bond donors (Lipinski definition) is 1. The monoisotopic (exact) mass is 345 g/mol. The summed E-state index contributed by atoms with van der Waals surface area (Å²) in [7, 11) is 0. The van der Waals surface area contributed by atoms with Crippen molar-refractivity contribution in [1.29, 1.82) is 0 Å². The molecule has 25 heavy (non-hydrogen) atoms. The molecular weight excluding hydrogens is 318 g/mol. The third-order valence-electron chi connectivity index (χ3n) is 4.87. The maximum Gasteiger partial charge on any atom is 0.227 e. The molecule has 1 aromatic rings. The lowest BCUT2D eigenvalue weighted by atomic mass is 10.1. The maximum atomic E-state index is 12.3. The SMILES string of the molecule is O=C(NCCCCN1CCOCC1)[C@H]1CC(=O)N(c2ccccc2)C1. The van der Waals surface area contributed by atoms with Crippen molar-refractivity contribution in [2.24, 2.45) is 5.92 Å². The van der Waals surface area contributed by atoms with Crippen LogP contribution in [-0.2, 0) is 14.3 Å². The quantitative estimate of drug-likeness (QED) is 0.756. The molecular formula is C19H27N3O3. The second kappa shape index (κ2) is 8.97. The number of amides is 2. The Morgan fingerprint density at radius 2 is 1.92 bits per heavy atom. The molecule has 1 aromatic carbocycles. The van der Waals surface area contributed by atoms with Crippen LogP contribution in [0.3, 0.4) is 0 Å². The molecule has 2 heterocycles. The van der Waals surface area contributed by atoms with Gasteiger partial charge in [0.05, 0.1) is 19.1 Å². The fourth-order valence-corrected chi connectivity index (χ4v) is 3.38. The molecule has 2 aliphatic rings. The number of para-hydroxylation sites is 1. The van der Waals surface area contributed by atoms with Crippen LogP contribution >= 0.6 is 0 Å². The van der Waals surface area contributed by atoms with Gasteiger partial charge in [-0.25, -0.2) is 0 Å². The van der Waals surface area contributed by atoms with E-state index in [4.69, 9.17) is 4.74 Å². The van der Waals surface area contributed by atoms with Gasteiger partial charge in [-0.15, -0.1) is 0 Å². The fourth-order valence-electron chi connectivity index (χ4n) is 3.38. The zero-order valence-electron chi connectivity index (χ0n) is 14.7. The lowest BCUT2D eigenvalue weighted by molar-refractivity contribution is -0.126. The molecule has 2 fully saturated rings. The van der Waals surface area contributed by atoms with Gasteiger partial charge in [0.25, 0.3) is 0 Å². The number of morpholine rings is 1. The molecule has 3 rings (SSSR count). The number of benzene rings is 1. The Morgan fingerprint density at radius 1 is 1.16 bits per heavy atom. The number of carbonyl (C=O) groups is 2. The van der Waals surface area contributed by atoms with Crippen molar-refractivity contribution < 1.29 is 14.3 Å². The molecule has 0 aliphatic carbocycles. The normalized spacial score (nSPS) is 21.5. The number of hydrogen-bond acceptors (Lipinski definition) is 4. The Hall–Kier alpha value is -1.92. The third-order valence-corrected chi connectivity index (χ3v) is 4.87. The molecule has 2 amide bonds. The van der Waals surface area contributed by atoms with Gasteiger partial charge in [0.15, 0.2) is 0 Å². The number of carbonyl (C=O) groups excluding carboxylic acids is 2. The van der Waals surface area contributed by atoms with Crippen molar-refractivity contribution in [1.82, 2.24) is 10.2 Å². The topological polar surface area (TPSA) is 61.9 Å². The first kappa shape index (κ1) is 17.9. The van der Waals surface area contributed by atoms with E-state index in [2.05, 4.69) is 10.2 Å². The smallest absolute Gasteiger partial charge is 0.227 e. The predicted molar refractivity (Wildman–Crippen MR) is 96.4 cm³/mol. The lowest BCUT2D eigenvalue weighted by Gasteiger charge is -2.26. The van der Waals surface area contributed by atoms with Crippen molar-refractivity contribution in [3.63, 3.8) is 0 Å². The van der Waals surface area contributed by atoms with E-state index in [9.17, 15) is 9.59 Å². The highest BCUT2D eigenvalue weighted by molar-refractivity contribution is 6.00. The number of unbranched alkanes of at least 4 members (excludes halogenated alkanes) is 1. The van der Waals surface area contributed by atoms with Gasteiger partial charge in [0.2, 0.25) is 11.8 Å². The number of anilines is 1. The third kappa shape index (κ3) is 5.03. The molecule has 2 saturated heterocycles.